The van der Waals surface area contributed by atoms with Gasteiger partial charge in [-0.05, 0) is 30.2 Å². The van der Waals surface area contributed by atoms with Crippen LogP contribution in [0.15, 0.2) is 47.5 Å². The zero-order valence-electron chi connectivity index (χ0n) is 11.5. The Hall–Kier alpha value is -1.46. The number of ether oxygens (including phenoxy) is 1. The highest BCUT2D eigenvalue weighted by Crippen LogP contribution is 2.29. The summed E-state index contributed by atoms with van der Waals surface area (Å²) in [5.74, 6) is 0.688. The number of nitrogens with zero attached hydrogens (tertiary/aromatic N) is 2. The van der Waals surface area contributed by atoms with E-state index in [9.17, 15) is 5.11 Å². The maximum absolute atomic E-state index is 10.9. The Bertz CT molecular complexity index is 546. The van der Waals surface area contributed by atoms with Gasteiger partial charge in [-0.25, -0.2) is 9.97 Å². The Morgan fingerprint density at radius 1 is 1.20 bits per heavy atom. The van der Waals surface area contributed by atoms with Crippen LogP contribution in [0.2, 0.25) is 0 Å². The van der Waals surface area contributed by atoms with Crippen LogP contribution in [0.3, 0.4) is 0 Å². The molecule has 1 aromatic carbocycles. The van der Waals surface area contributed by atoms with Gasteiger partial charge in [-0.3, -0.25) is 0 Å². The zero-order valence-corrected chi connectivity index (χ0v) is 13.0. The lowest BCUT2D eigenvalue weighted by Crippen LogP contribution is -2.38. The quantitative estimate of drug-likeness (QED) is 0.911. The van der Waals surface area contributed by atoms with Crippen molar-refractivity contribution in [2.45, 2.75) is 19.4 Å². The minimum absolute atomic E-state index is 0.0241. The van der Waals surface area contributed by atoms with Crippen LogP contribution in [0.5, 0.6) is 5.75 Å². The zero-order chi connectivity index (χ0) is 14.6. The van der Waals surface area contributed by atoms with Gasteiger partial charge in [0.25, 0.3) is 0 Å². The minimum Gasteiger partial charge on any atom is -0.490 e. The third-order valence-electron chi connectivity index (χ3n) is 3.29. The summed E-state index contributed by atoms with van der Waals surface area (Å²) < 4.78 is 6.70. The van der Waals surface area contributed by atoms with E-state index < -0.39 is 5.60 Å². The molecule has 2 rings (SSSR count). The Morgan fingerprint density at radius 3 is 2.35 bits per heavy atom. The van der Waals surface area contributed by atoms with Crippen LogP contribution in [0.1, 0.15) is 19.4 Å². The lowest BCUT2D eigenvalue weighted by molar-refractivity contribution is -0.0491. The van der Waals surface area contributed by atoms with Crippen molar-refractivity contribution in [1.82, 2.24) is 9.97 Å². The summed E-state index contributed by atoms with van der Waals surface area (Å²) in [6.45, 7) is 4.04. The summed E-state index contributed by atoms with van der Waals surface area (Å²) in [4.78, 5) is 7.93. The molecule has 1 aromatic heterocycles. The second-order valence-electron chi connectivity index (χ2n) is 4.95. The summed E-state index contributed by atoms with van der Waals surface area (Å²) >= 11 is 3.37. The van der Waals surface area contributed by atoms with Gasteiger partial charge in [-0.2, -0.15) is 0 Å². The van der Waals surface area contributed by atoms with Crippen LogP contribution in [0.4, 0.5) is 0 Å². The smallest absolute Gasteiger partial charge is 0.129 e. The maximum Gasteiger partial charge on any atom is 0.129 e. The molecule has 106 valence electrons. The van der Waals surface area contributed by atoms with Crippen LogP contribution in [0.25, 0.3) is 0 Å². The van der Waals surface area contributed by atoms with Crippen molar-refractivity contribution in [3.05, 3.63) is 53.0 Å². The van der Waals surface area contributed by atoms with E-state index in [-0.39, 0.29) is 12.5 Å². The second kappa shape index (κ2) is 6.33. The van der Waals surface area contributed by atoms with Gasteiger partial charge in [-0.1, -0.05) is 29.8 Å². The number of benzene rings is 1. The van der Waals surface area contributed by atoms with Crippen LogP contribution < -0.4 is 4.74 Å². The van der Waals surface area contributed by atoms with Gasteiger partial charge in [-0.15, -0.1) is 0 Å². The highest BCUT2D eigenvalue weighted by molar-refractivity contribution is 9.10. The molecule has 1 N–H and O–H groups in total. The first-order valence-corrected chi connectivity index (χ1v) is 7.18. The Balaban J connectivity index is 2.16. The Morgan fingerprint density at radius 2 is 1.80 bits per heavy atom. The fourth-order valence-corrected chi connectivity index (χ4v) is 2.09. The average molecular weight is 337 g/mol. The molecule has 1 atom stereocenters. The molecule has 0 amide bonds. The number of aliphatic hydroxyl groups is 1. The van der Waals surface area contributed by atoms with Crippen LogP contribution in [0, 0.1) is 5.92 Å². The van der Waals surface area contributed by atoms with Gasteiger partial charge < -0.3 is 9.84 Å². The van der Waals surface area contributed by atoms with E-state index in [4.69, 9.17) is 4.74 Å². The van der Waals surface area contributed by atoms with Crippen molar-refractivity contribution < 1.29 is 9.84 Å². The molecule has 0 saturated heterocycles. The summed E-state index contributed by atoms with van der Waals surface area (Å²) in [6, 6.07) is 7.50. The van der Waals surface area contributed by atoms with E-state index >= 15 is 0 Å². The SMILES string of the molecule is CC(C)C(O)(COc1ccc(Br)cc1)c1cncnc1. The molecule has 0 spiro atoms. The Labute approximate surface area is 127 Å². The summed E-state index contributed by atoms with van der Waals surface area (Å²) in [6.07, 6.45) is 4.69. The van der Waals surface area contributed by atoms with Crippen molar-refractivity contribution in [3.63, 3.8) is 0 Å². The second-order valence-corrected chi connectivity index (χ2v) is 5.86. The number of halogens is 1. The number of hydrogen-bond acceptors (Lipinski definition) is 4. The first-order chi connectivity index (χ1) is 9.52. The predicted octanol–water partition coefficient (Wildman–Crippen LogP) is 3.16. The molecule has 0 bridgehead atoms. The molecule has 0 aliphatic carbocycles. The minimum atomic E-state index is -1.12. The van der Waals surface area contributed by atoms with Crippen LogP contribution in [-0.2, 0) is 5.60 Å². The van der Waals surface area contributed by atoms with E-state index in [0.29, 0.717) is 11.3 Å². The van der Waals surface area contributed by atoms with Crippen LogP contribution in [-0.4, -0.2) is 21.7 Å². The van der Waals surface area contributed by atoms with Crippen molar-refractivity contribution in [1.29, 1.82) is 0 Å². The lowest BCUT2D eigenvalue weighted by Gasteiger charge is -2.31. The third-order valence-corrected chi connectivity index (χ3v) is 3.82. The third kappa shape index (κ3) is 3.35. The molecule has 0 radical (unpaired) electrons. The standard InChI is InChI=1S/C15H17BrN2O2/c1-11(2)15(19,12-7-17-10-18-8-12)9-20-14-5-3-13(16)4-6-14/h3-8,10-11,19H,9H2,1-2H3. The topological polar surface area (TPSA) is 55.2 Å². The predicted molar refractivity (Wildman–Crippen MR) is 80.4 cm³/mol. The van der Waals surface area contributed by atoms with Gasteiger partial charge in [0.05, 0.1) is 0 Å². The van der Waals surface area contributed by atoms with E-state index in [1.165, 1.54) is 6.33 Å². The number of rotatable bonds is 5. The van der Waals surface area contributed by atoms with Gasteiger partial charge in [0.1, 0.15) is 24.3 Å². The molecule has 2 aromatic rings. The summed E-state index contributed by atoms with van der Waals surface area (Å²) in [5, 5.41) is 10.9. The van der Waals surface area contributed by atoms with E-state index in [0.717, 1.165) is 4.47 Å². The first-order valence-electron chi connectivity index (χ1n) is 6.38. The monoisotopic (exact) mass is 336 g/mol. The number of aromatic nitrogens is 2. The Kier molecular flexibility index (Phi) is 4.73. The highest BCUT2D eigenvalue weighted by Gasteiger charge is 2.34. The normalized spacial score (nSPS) is 14.1. The summed E-state index contributed by atoms with van der Waals surface area (Å²) in [5.41, 5.74) is -0.457. The largest absolute Gasteiger partial charge is 0.490 e. The van der Waals surface area contributed by atoms with Crippen molar-refractivity contribution in [3.8, 4) is 5.75 Å². The average Bonchev–Trinajstić information content (AvgIpc) is 2.47. The maximum atomic E-state index is 10.9. The van der Waals surface area contributed by atoms with Gasteiger partial charge in [0.2, 0.25) is 0 Å². The van der Waals surface area contributed by atoms with Gasteiger partial charge in [0.15, 0.2) is 0 Å². The molecule has 0 fully saturated rings. The molecule has 0 aliphatic rings. The fraction of sp³-hybridized carbons (Fsp3) is 0.333. The molecule has 0 saturated carbocycles. The van der Waals surface area contributed by atoms with E-state index in [1.807, 2.05) is 38.1 Å². The molecule has 4 nitrogen and oxygen atoms in total. The molecule has 0 aliphatic heterocycles. The van der Waals surface area contributed by atoms with Crippen molar-refractivity contribution >= 4 is 15.9 Å². The van der Waals surface area contributed by atoms with Gasteiger partial charge >= 0.3 is 0 Å². The van der Waals surface area contributed by atoms with Crippen molar-refractivity contribution in [2.75, 3.05) is 6.61 Å². The molecule has 1 heterocycles. The van der Waals surface area contributed by atoms with Gasteiger partial charge in [0, 0.05) is 22.4 Å². The molecule has 5 heteroatoms. The van der Waals surface area contributed by atoms with Crippen LogP contribution >= 0.6 is 15.9 Å². The fourth-order valence-electron chi connectivity index (χ4n) is 1.83. The molecule has 1 unspecified atom stereocenters. The summed E-state index contributed by atoms with van der Waals surface area (Å²) in [7, 11) is 0. The van der Waals surface area contributed by atoms with E-state index in [1.54, 1.807) is 12.4 Å². The van der Waals surface area contributed by atoms with E-state index in [2.05, 4.69) is 25.9 Å². The molecule has 20 heavy (non-hydrogen) atoms. The number of hydrogen-bond donors (Lipinski definition) is 1. The molecular formula is C15H17BrN2O2. The first kappa shape index (κ1) is 14.9. The highest BCUT2D eigenvalue weighted by atomic mass is 79.9. The molecular weight excluding hydrogens is 320 g/mol. The lowest BCUT2D eigenvalue weighted by atomic mass is 9.85. The van der Waals surface area contributed by atoms with Crippen molar-refractivity contribution in [2.24, 2.45) is 5.92 Å².